The summed E-state index contributed by atoms with van der Waals surface area (Å²) in [6.07, 6.45) is 8.24. The Morgan fingerprint density at radius 1 is 0.767 bits per heavy atom. The van der Waals surface area contributed by atoms with Gasteiger partial charge in [0.25, 0.3) is 0 Å². The van der Waals surface area contributed by atoms with Gasteiger partial charge in [-0.2, -0.15) is 0 Å². The number of aromatic nitrogens is 5. The molecule has 1 N–H and O–H groups in total. The summed E-state index contributed by atoms with van der Waals surface area (Å²) >= 11 is 0. The molecule has 0 aliphatic rings. The number of para-hydroxylation sites is 1. The van der Waals surface area contributed by atoms with E-state index in [0.717, 1.165) is 22.2 Å². The van der Waals surface area contributed by atoms with Gasteiger partial charge in [0, 0.05) is 47.5 Å². The Bertz CT molecular complexity index is 1300. The fourth-order valence-corrected chi connectivity index (χ4v) is 3.03. The van der Waals surface area contributed by atoms with Crippen LogP contribution in [0.2, 0.25) is 0 Å². The lowest BCUT2D eigenvalue weighted by atomic mass is 10.2. The van der Waals surface area contributed by atoms with Crippen molar-refractivity contribution >= 4 is 22.4 Å². The van der Waals surface area contributed by atoms with E-state index in [-0.39, 0.29) is 0 Å². The minimum Gasteiger partial charge on any atom is -0.437 e. The molecule has 0 bridgehead atoms. The minimum absolute atomic E-state index is 0.431. The van der Waals surface area contributed by atoms with Crippen LogP contribution in [0.3, 0.4) is 0 Å². The fourth-order valence-electron chi connectivity index (χ4n) is 3.03. The van der Waals surface area contributed by atoms with Crippen molar-refractivity contribution in [1.29, 1.82) is 0 Å². The number of nitrogens with zero attached hydrogens (tertiary/aromatic N) is 5. The van der Waals surface area contributed by atoms with Gasteiger partial charge in [0.05, 0.1) is 11.7 Å². The predicted octanol–water partition coefficient (Wildman–Crippen LogP) is 5.02. The van der Waals surface area contributed by atoms with E-state index in [2.05, 4.69) is 20.3 Å². The van der Waals surface area contributed by atoms with E-state index in [9.17, 15) is 0 Å². The third kappa shape index (κ3) is 3.77. The third-order valence-corrected chi connectivity index (χ3v) is 4.38. The van der Waals surface area contributed by atoms with Crippen LogP contribution in [0.15, 0.2) is 91.6 Å². The summed E-state index contributed by atoms with van der Waals surface area (Å²) in [5, 5.41) is 4.32. The van der Waals surface area contributed by atoms with Crippen molar-refractivity contribution in [2.45, 2.75) is 0 Å². The first kappa shape index (κ1) is 17.7. The van der Waals surface area contributed by atoms with E-state index in [4.69, 9.17) is 14.7 Å². The summed E-state index contributed by atoms with van der Waals surface area (Å²) < 4.78 is 5.78. The lowest BCUT2D eigenvalue weighted by molar-refractivity contribution is 0.460. The van der Waals surface area contributed by atoms with Gasteiger partial charge in [-0.3, -0.25) is 9.97 Å². The summed E-state index contributed by atoms with van der Waals surface area (Å²) in [4.78, 5) is 21.8. The molecule has 144 valence electrons. The van der Waals surface area contributed by atoms with E-state index in [1.807, 2.05) is 60.7 Å². The van der Waals surface area contributed by atoms with Gasteiger partial charge in [0.2, 0.25) is 5.88 Å². The molecule has 0 radical (unpaired) electrons. The summed E-state index contributed by atoms with van der Waals surface area (Å²) in [6, 6.07) is 19.3. The molecule has 0 saturated heterocycles. The average Bonchev–Trinajstić information content (AvgIpc) is 2.80. The Kier molecular flexibility index (Phi) is 4.67. The third-order valence-electron chi connectivity index (χ3n) is 4.38. The number of rotatable bonds is 5. The molecule has 0 spiro atoms. The van der Waals surface area contributed by atoms with Crippen molar-refractivity contribution in [3.05, 3.63) is 91.6 Å². The highest BCUT2D eigenvalue weighted by Crippen LogP contribution is 2.29. The molecule has 0 fully saturated rings. The number of hydrogen-bond acceptors (Lipinski definition) is 7. The molecule has 0 amide bonds. The van der Waals surface area contributed by atoms with Crippen LogP contribution < -0.4 is 10.1 Å². The van der Waals surface area contributed by atoms with Crippen molar-refractivity contribution in [3.8, 4) is 23.0 Å². The van der Waals surface area contributed by atoms with E-state index in [0.29, 0.717) is 23.3 Å². The number of anilines is 2. The molecule has 0 aliphatic heterocycles. The first-order chi connectivity index (χ1) is 14.8. The van der Waals surface area contributed by atoms with E-state index in [1.54, 1.807) is 31.0 Å². The Balaban J connectivity index is 1.51. The number of benzene rings is 2. The second-order valence-electron chi connectivity index (χ2n) is 6.45. The molecular weight excluding hydrogens is 376 g/mol. The van der Waals surface area contributed by atoms with Crippen molar-refractivity contribution in [1.82, 2.24) is 24.9 Å². The summed E-state index contributed by atoms with van der Waals surface area (Å²) in [7, 11) is 0. The summed E-state index contributed by atoms with van der Waals surface area (Å²) in [5.74, 6) is 2.39. The van der Waals surface area contributed by atoms with Gasteiger partial charge in [-0.25, -0.2) is 15.0 Å². The molecule has 0 saturated carbocycles. The Morgan fingerprint density at radius 3 is 2.57 bits per heavy atom. The zero-order valence-electron chi connectivity index (χ0n) is 15.8. The van der Waals surface area contributed by atoms with Gasteiger partial charge in [-0.15, -0.1) is 0 Å². The van der Waals surface area contributed by atoms with E-state index < -0.39 is 0 Å². The fraction of sp³-hybridized carbons (Fsp3) is 0. The average molecular weight is 392 g/mol. The normalized spacial score (nSPS) is 10.7. The molecule has 3 heterocycles. The van der Waals surface area contributed by atoms with E-state index in [1.165, 1.54) is 0 Å². The van der Waals surface area contributed by atoms with Crippen LogP contribution in [-0.4, -0.2) is 24.9 Å². The smallest absolute Gasteiger partial charge is 0.237 e. The van der Waals surface area contributed by atoms with Crippen LogP contribution in [0.25, 0.3) is 22.3 Å². The standard InChI is InChI=1S/C23H16N6O/c1-2-9-20-19(8-1)23(29-22(28-20)16-5-4-10-24-14-16)27-17-6-3-7-18(13-17)30-21-15-25-11-12-26-21/h1-15H,(H,27,28,29). The molecule has 5 aromatic rings. The number of nitrogens with one attached hydrogen (secondary N) is 1. The Labute approximate surface area is 172 Å². The van der Waals surface area contributed by atoms with Crippen molar-refractivity contribution in [3.63, 3.8) is 0 Å². The second kappa shape index (κ2) is 7.92. The number of fused-ring (bicyclic) bond motifs is 1. The molecule has 3 aromatic heterocycles. The minimum atomic E-state index is 0.431. The monoisotopic (exact) mass is 392 g/mol. The van der Waals surface area contributed by atoms with Gasteiger partial charge in [-0.1, -0.05) is 18.2 Å². The van der Waals surface area contributed by atoms with Gasteiger partial charge in [-0.05, 0) is 36.4 Å². The zero-order valence-corrected chi connectivity index (χ0v) is 15.8. The van der Waals surface area contributed by atoms with Gasteiger partial charge in [0.1, 0.15) is 11.6 Å². The maximum atomic E-state index is 5.78. The quantitative estimate of drug-likeness (QED) is 0.449. The highest BCUT2D eigenvalue weighted by atomic mass is 16.5. The van der Waals surface area contributed by atoms with Crippen LogP contribution in [0, 0.1) is 0 Å². The largest absolute Gasteiger partial charge is 0.437 e. The van der Waals surface area contributed by atoms with E-state index >= 15 is 0 Å². The first-order valence-electron chi connectivity index (χ1n) is 9.33. The molecule has 7 nitrogen and oxygen atoms in total. The highest BCUT2D eigenvalue weighted by molar-refractivity contribution is 5.92. The van der Waals surface area contributed by atoms with Crippen molar-refractivity contribution in [2.24, 2.45) is 0 Å². The van der Waals surface area contributed by atoms with Gasteiger partial charge in [0.15, 0.2) is 5.82 Å². The second-order valence-corrected chi connectivity index (χ2v) is 6.45. The molecule has 0 aliphatic carbocycles. The number of hydrogen-bond donors (Lipinski definition) is 1. The van der Waals surface area contributed by atoms with Crippen LogP contribution in [0.1, 0.15) is 0 Å². The maximum Gasteiger partial charge on any atom is 0.237 e. The summed E-state index contributed by atoms with van der Waals surface area (Å²) in [6.45, 7) is 0. The van der Waals surface area contributed by atoms with Crippen molar-refractivity contribution in [2.75, 3.05) is 5.32 Å². The topological polar surface area (TPSA) is 85.7 Å². The predicted molar refractivity (Wildman–Crippen MR) is 115 cm³/mol. The first-order valence-corrected chi connectivity index (χ1v) is 9.33. The molecule has 0 atom stereocenters. The van der Waals surface area contributed by atoms with Crippen LogP contribution >= 0.6 is 0 Å². The van der Waals surface area contributed by atoms with Gasteiger partial charge >= 0.3 is 0 Å². The lowest BCUT2D eigenvalue weighted by Gasteiger charge is -2.12. The molecule has 7 heteroatoms. The maximum absolute atomic E-state index is 5.78. The molecule has 30 heavy (non-hydrogen) atoms. The number of pyridine rings is 1. The van der Waals surface area contributed by atoms with Gasteiger partial charge < -0.3 is 10.1 Å². The zero-order chi connectivity index (χ0) is 20.2. The van der Waals surface area contributed by atoms with Crippen LogP contribution in [0.5, 0.6) is 11.6 Å². The molecular formula is C23H16N6O. The highest BCUT2D eigenvalue weighted by Gasteiger charge is 2.10. The SMILES string of the molecule is c1cc(Nc2nc(-c3cccnc3)nc3ccccc23)cc(Oc2cnccn2)c1. The van der Waals surface area contributed by atoms with Crippen LogP contribution in [-0.2, 0) is 0 Å². The Hall–Kier alpha value is -4.39. The molecule has 0 unspecified atom stereocenters. The molecule has 2 aromatic carbocycles. The van der Waals surface area contributed by atoms with Crippen molar-refractivity contribution < 1.29 is 4.74 Å². The number of ether oxygens (including phenoxy) is 1. The lowest BCUT2D eigenvalue weighted by Crippen LogP contribution is -1.99. The summed E-state index contributed by atoms with van der Waals surface area (Å²) in [5.41, 5.74) is 2.53. The Morgan fingerprint density at radius 2 is 1.70 bits per heavy atom. The van der Waals surface area contributed by atoms with Crippen LogP contribution in [0.4, 0.5) is 11.5 Å². The molecule has 5 rings (SSSR count).